The summed E-state index contributed by atoms with van der Waals surface area (Å²) in [6.45, 7) is 6.79. The Morgan fingerprint density at radius 2 is 2.24 bits per heavy atom. The fraction of sp³-hybridized carbons (Fsp3) is 0.500. The van der Waals surface area contributed by atoms with Crippen molar-refractivity contribution in [3.8, 4) is 6.07 Å². The number of rotatable bonds is 4. The molecule has 0 aromatic carbocycles. The molecule has 0 unspecified atom stereocenters. The topological polar surface area (TPSA) is 64.9 Å². The summed E-state index contributed by atoms with van der Waals surface area (Å²) in [6.07, 6.45) is 0.403. The van der Waals surface area contributed by atoms with E-state index >= 15 is 0 Å². The maximum Gasteiger partial charge on any atom is 0.226 e. The van der Waals surface area contributed by atoms with E-state index in [0.29, 0.717) is 23.5 Å². The van der Waals surface area contributed by atoms with Gasteiger partial charge < -0.3 is 10.6 Å². The maximum atomic E-state index is 11.6. The molecule has 0 saturated heterocycles. The highest BCUT2D eigenvalue weighted by Gasteiger charge is 2.11. The minimum atomic E-state index is -0.0688. The summed E-state index contributed by atoms with van der Waals surface area (Å²) in [6, 6.07) is 3.74. The molecule has 0 radical (unpaired) electrons. The van der Waals surface area contributed by atoms with Gasteiger partial charge in [-0.05, 0) is 32.2 Å². The van der Waals surface area contributed by atoms with Crippen molar-refractivity contribution in [2.75, 3.05) is 11.9 Å². The molecule has 0 saturated carbocycles. The fourth-order valence-electron chi connectivity index (χ4n) is 1.23. The van der Waals surface area contributed by atoms with Crippen molar-refractivity contribution in [2.24, 2.45) is 0 Å². The first-order valence-electron chi connectivity index (χ1n) is 5.45. The Kier molecular flexibility index (Phi) is 4.67. The van der Waals surface area contributed by atoms with Gasteiger partial charge in [-0.3, -0.25) is 4.79 Å². The zero-order valence-electron chi connectivity index (χ0n) is 10.3. The number of nitrogens with one attached hydrogen (secondary N) is 2. The molecule has 4 nitrogen and oxygen atoms in total. The molecular weight excluding hydrogens is 234 g/mol. The standard InChI is InChI=1S/C12H17N3OS/c1-12(2,3)14-6-4-10(16)15-11-9(8-13)5-7-17-11/h5,7,14H,4,6H2,1-3H3,(H,15,16). The molecule has 1 aromatic heterocycles. The van der Waals surface area contributed by atoms with E-state index in [4.69, 9.17) is 5.26 Å². The van der Waals surface area contributed by atoms with Crippen LogP contribution in [0.5, 0.6) is 0 Å². The summed E-state index contributed by atoms with van der Waals surface area (Å²) in [4.78, 5) is 11.6. The third kappa shape index (κ3) is 4.98. The van der Waals surface area contributed by atoms with Crippen LogP contribution in [0, 0.1) is 11.3 Å². The van der Waals surface area contributed by atoms with Crippen LogP contribution in [0.25, 0.3) is 0 Å². The Morgan fingerprint density at radius 1 is 1.53 bits per heavy atom. The van der Waals surface area contributed by atoms with Crippen molar-refractivity contribution < 1.29 is 4.79 Å². The summed E-state index contributed by atoms with van der Waals surface area (Å²) in [5.74, 6) is -0.0688. The van der Waals surface area contributed by atoms with Gasteiger partial charge in [-0.15, -0.1) is 11.3 Å². The highest BCUT2D eigenvalue weighted by Crippen LogP contribution is 2.22. The van der Waals surface area contributed by atoms with Gasteiger partial charge in [0.1, 0.15) is 11.1 Å². The molecule has 1 amide bonds. The molecule has 1 aromatic rings. The second-order valence-electron chi connectivity index (χ2n) is 4.75. The molecule has 2 N–H and O–H groups in total. The van der Waals surface area contributed by atoms with Gasteiger partial charge in [0.2, 0.25) is 5.91 Å². The van der Waals surface area contributed by atoms with Gasteiger partial charge >= 0.3 is 0 Å². The molecule has 5 heteroatoms. The van der Waals surface area contributed by atoms with Crippen LogP contribution in [0.4, 0.5) is 5.00 Å². The number of hydrogen-bond acceptors (Lipinski definition) is 4. The number of nitriles is 1. The lowest BCUT2D eigenvalue weighted by Gasteiger charge is -2.20. The summed E-state index contributed by atoms with van der Waals surface area (Å²) >= 11 is 1.37. The Labute approximate surface area is 106 Å². The molecule has 92 valence electrons. The maximum absolute atomic E-state index is 11.6. The fourth-order valence-corrected chi connectivity index (χ4v) is 1.99. The van der Waals surface area contributed by atoms with E-state index in [2.05, 4.69) is 31.4 Å². The van der Waals surface area contributed by atoms with Crippen molar-refractivity contribution in [2.45, 2.75) is 32.7 Å². The van der Waals surface area contributed by atoms with Gasteiger partial charge in [-0.2, -0.15) is 5.26 Å². The van der Waals surface area contributed by atoms with Gasteiger partial charge in [0.25, 0.3) is 0 Å². The van der Waals surface area contributed by atoms with E-state index in [0.717, 1.165) is 0 Å². The van der Waals surface area contributed by atoms with Gasteiger partial charge in [-0.1, -0.05) is 0 Å². The number of amides is 1. The highest BCUT2D eigenvalue weighted by molar-refractivity contribution is 7.14. The Hall–Kier alpha value is -1.38. The van der Waals surface area contributed by atoms with Gasteiger partial charge in [0, 0.05) is 18.5 Å². The molecule has 1 rings (SSSR count). The quantitative estimate of drug-likeness (QED) is 0.863. The SMILES string of the molecule is CC(C)(C)NCCC(=O)Nc1sccc1C#N. The second kappa shape index (κ2) is 5.80. The smallest absolute Gasteiger partial charge is 0.226 e. The minimum Gasteiger partial charge on any atom is -0.317 e. The van der Waals surface area contributed by atoms with Crippen molar-refractivity contribution in [1.82, 2.24) is 5.32 Å². The van der Waals surface area contributed by atoms with E-state index in [1.807, 2.05) is 6.07 Å². The minimum absolute atomic E-state index is 0.0149. The van der Waals surface area contributed by atoms with Gasteiger partial charge in [-0.25, -0.2) is 0 Å². The zero-order chi connectivity index (χ0) is 12.9. The normalized spacial score (nSPS) is 10.9. The lowest BCUT2D eigenvalue weighted by Crippen LogP contribution is -2.37. The second-order valence-corrected chi connectivity index (χ2v) is 5.67. The molecule has 0 fully saturated rings. The van der Waals surface area contributed by atoms with Crippen molar-refractivity contribution in [3.63, 3.8) is 0 Å². The Morgan fingerprint density at radius 3 is 2.82 bits per heavy atom. The number of anilines is 1. The summed E-state index contributed by atoms with van der Waals surface area (Å²) < 4.78 is 0. The van der Waals surface area contributed by atoms with E-state index in [1.54, 1.807) is 11.4 Å². The molecular formula is C12H17N3OS. The third-order valence-corrected chi connectivity index (χ3v) is 2.88. The van der Waals surface area contributed by atoms with E-state index in [9.17, 15) is 4.79 Å². The van der Waals surface area contributed by atoms with Crippen LogP contribution in [-0.2, 0) is 4.79 Å². The number of thiophene rings is 1. The van der Waals surface area contributed by atoms with Gasteiger partial charge in [0.15, 0.2) is 0 Å². The van der Waals surface area contributed by atoms with Crippen LogP contribution in [0.3, 0.4) is 0 Å². The molecule has 0 aliphatic rings. The van der Waals surface area contributed by atoms with Crippen molar-refractivity contribution in [1.29, 1.82) is 5.26 Å². The summed E-state index contributed by atoms with van der Waals surface area (Å²) in [5, 5.41) is 17.2. The molecule has 1 heterocycles. The monoisotopic (exact) mass is 251 g/mol. The molecule has 0 aliphatic carbocycles. The molecule has 0 bridgehead atoms. The van der Waals surface area contributed by atoms with Crippen LogP contribution in [-0.4, -0.2) is 18.0 Å². The largest absolute Gasteiger partial charge is 0.317 e. The lowest BCUT2D eigenvalue weighted by molar-refractivity contribution is -0.116. The van der Waals surface area contributed by atoms with Crippen LogP contribution >= 0.6 is 11.3 Å². The van der Waals surface area contributed by atoms with E-state index < -0.39 is 0 Å². The van der Waals surface area contributed by atoms with Gasteiger partial charge in [0.05, 0.1) is 5.56 Å². The van der Waals surface area contributed by atoms with Crippen LogP contribution in [0.1, 0.15) is 32.8 Å². The first-order valence-corrected chi connectivity index (χ1v) is 6.33. The first-order chi connectivity index (χ1) is 7.92. The number of hydrogen-bond donors (Lipinski definition) is 2. The lowest BCUT2D eigenvalue weighted by atomic mass is 10.1. The molecule has 0 spiro atoms. The number of nitrogens with zero attached hydrogens (tertiary/aromatic N) is 1. The van der Waals surface area contributed by atoms with Crippen LogP contribution in [0.15, 0.2) is 11.4 Å². The summed E-state index contributed by atoms with van der Waals surface area (Å²) in [7, 11) is 0. The van der Waals surface area contributed by atoms with Crippen molar-refractivity contribution in [3.05, 3.63) is 17.0 Å². The zero-order valence-corrected chi connectivity index (χ0v) is 11.1. The predicted molar refractivity (Wildman–Crippen MR) is 70.0 cm³/mol. The highest BCUT2D eigenvalue weighted by atomic mass is 32.1. The predicted octanol–water partition coefficient (Wildman–Crippen LogP) is 2.34. The average molecular weight is 251 g/mol. The van der Waals surface area contributed by atoms with Crippen molar-refractivity contribution >= 4 is 22.2 Å². The number of carbonyl (C=O) groups is 1. The van der Waals surface area contributed by atoms with Crippen LogP contribution < -0.4 is 10.6 Å². The third-order valence-electron chi connectivity index (χ3n) is 2.05. The number of carbonyl (C=O) groups excluding carboxylic acids is 1. The summed E-state index contributed by atoms with van der Waals surface area (Å²) in [5.41, 5.74) is 0.535. The average Bonchev–Trinajstić information content (AvgIpc) is 2.63. The molecule has 17 heavy (non-hydrogen) atoms. The molecule has 0 aliphatic heterocycles. The molecule has 0 atom stereocenters. The van der Waals surface area contributed by atoms with E-state index in [-0.39, 0.29) is 11.4 Å². The van der Waals surface area contributed by atoms with Crippen LogP contribution in [0.2, 0.25) is 0 Å². The Balaban J connectivity index is 2.38. The Bertz CT molecular complexity index is 426. The van der Waals surface area contributed by atoms with E-state index in [1.165, 1.54) is 11.3 Å². The first kappa shape index (κ1) is 13.7.